The van der Waals surface area contributed by atoms with Crippen molar-refractivity contribution >= 4 is 34.2 Å². The van der Waals surface area contributed by atoms with E-state index in [-0.39, 0.29) is 12.5 Å². The van der Waals surface area contributed by atoms with Gasteiger partial charge in [-0.05, 0) is 24.3 Å². The van der Waals surface area contributed by atoms with E-state index in [9.17, 15) is 4.79 Å². The van der Waals surface area contributed by atoms with Crippen LogP contribution in [0.2, 0.25) is 5.02 Å². The SMILES string of the molecule is COCC(=O)Nc1n[nH]c2ccc(OCc3ccccc3Cl)cc12. The largest absolute Gasteiger partial charge is 0.489 e. The third kappa shape index (κ3) is 3.67. The number of carbonyl (C=O) groups excluding carboxylic acids is 1. The number of nitrogens with one attached hydrogen (secondary N) is 2. The molecule has 3 rings (SSSR count). The highest BCUT2D eigenvalue weighted by Crippen LogP contribution is 2.26. The first-order valence-corrected chi connectivity index (χ1v) is 7.68. The van der Waals surface area contributed by atoms with Gasteiger partial charge in [0.1, 0.15) is 19.0 Å². The number of halogens is 1. The molecular formula is C17H16ClN3O3. The van der Waals surface area contributed by atoms with Gasteiger partial charge >= 0.3 is 0 Å². The Bertz CT molecular complexity index is 863. The van der Waals surface area contributed by atoms with Crippen molar-refractivity contribution in [3.63, 3.8) is 0 Å². The molecule has 0 aliphatic heterocycles. The van der Waals surface area contributed by atoms with E-state index in [0.717, 1.165) is 16.5 Å². The van der Waals surface area contributed by atoms with Crippen molar-refractivity contribution < 1.29 is 14.3 Å². The van der Waals surface area contributed by atoms with Gasteiger partial charge in [-0.3, -0.25) is 9.89 Å². The van der Waals surface area contributed by atoms with Crippen LogP contribution in [0.5, 0.6) is 5.75 Å². The third-order valence-corrected chi connectivity index (χ3v) is 3.79. The lowest BCUT2D eigenvalue weighted by Crippen LogP contribution is -2.17. The number of hydrogen-bond acceptors (Lipinski definition) is 4. The highest BCUT2D eigenvalue weighted by molar-refractivity contribution is 6.31. The van der Waals surface area contributed by atoms with Crippen molar-refractivity contribution in [3.05, 3.63) is 53.1 Å². The van der Waals surface area contributed by atoms with Gasteiger partial charge in [-0.2, -0.15) is 5.10 Å². The molecule has 7 heteroatoms. The second-order valence-corrected chi connectivity index (χ2v) is 5.55. The summed E-state index contributed by atoms with van der Waals surface area (Å²) in [6.45, 7) is 0.325. The van der Waals surface area contributed by atoms with Crippen LogP contribution in [0.3, 0.4) is 0 Å². The van der Waals surface area contributed by atoms with E-state index >= 15 is 0 Å². The number of aromatic nitrogens is 2. The Kier molecular flexibility index (Phi) is 4.98. The average molecular weight is 346 g/mol. The summed E-state index contributed by atoms with van der Waals surface area (Å²) < 4.78 is 10.6. The zero-order valence-electron chi connectivity index (χ0n) is 13.0. The zero-order valence-corrected chi connectivity index (χ0v) is 13.8. The van der Waals surface area contributed by atoms with Crippen LogP contribution in [0.25, 0.3) is 10.9 Å². The Morgan fingerprint density at radius 2 is 2.12 bits per heavy atom. The van der Waals surface area contributed by atoms with Crippen molar-refractivity contribution in [3.8, 4) is 5.75 Å². The zero-order chi connectivity index (χ0) is 16.9. The lowest BCUT2D eigenvalue weighted by atomic mass is 10.2. The summed E-state index contributed by atoms with van der Waals surface area (Å²) >= 11 is 6.13. The number of fused-ring (bicyclic) bond motifs is 1. The maximum Gasteiger partial charge on any atom is 0.251 e. The summed E-state index contributed by atoms with van der Waals surface area (Å²) in [7, 11) is 1.46. The van der Waals surface area contributed by atoms with E-state index in [1.54, 1.807) is 0 Å². The lowest BCUT2D eigenvalue weighted by molar-refractivity contribution is -0.119. The van der Waals surface area contributed by atoms with Gasteiger partial charge in [-0.15, -0.1) is 0 Å². The fraction of sp³-hybridized carbons (Fsp3) is 0.176. The fourth-order valence-corrected chi connectivity index (χ4v) is 2.44. The van der Waals surface area contributed by atoms with E-state index < -0.39 is 0 Å². The van der Waals surface area contributed by atoms with Gasteiger partial charge in [0.25, 0.3) is 5.91 Å². The predicted molar refractivity (Wildman–Crippen MR) is 92.4 cm³/mol. The molecule has 0 unspecified atom stereocenters. The molecule has 2 aromatic carbocycles. The second-order valence-electron chi connectivity index (χ2n) is 5.14. The van der Waals surface area contributed by atoms with Gasteiger partial charge < -0.3 is 14.8 Å². The Morgan fingerprint density at radius 1 is 1.29 bits per heavy atom. The second kappa shape index (κ2) is 7.33. The summed E-state index contributed by atoms with van der Waals surface area (Å²) in [6.07, 6.45) is 0. The van der Waals surface area contributed by atoms with Crippen molar-refractivity contribution in [2.45, 2.75) is 6.61 Å². The molecule has 0 bridgehead atoms. The van der Waals surface area contributed by atoms with Crippen molar-refractivity contribution in [2.75, 3.05) is 19.0 Å². The molecule has 0 atom stereocenters. The molecule has 0 aliphatic rings. The van der Waals surface area contributed by atoms with Gasteiger partial charge in [-0.1, -0.05) is 29.8 Å². The molecule has 6 nitrogen and oxygen atoms in total. The maximum atomic E-state index is 11.7. The quantitative estimate of drug-likeness (QED) is 0.718. The number of rotatable bonds is 6. The third-order valence-electron chi connectivity index (χ3n) is 3.42. The number of anilines is 1. The molecule has 0 fully saturated rings. The van der Waals surface area contributed by atoms with E-state index in [2.05, 4.69) is 15.5 Å². The van der Waals surface area contributed by atoms with Crippen LogP contribution >= 0.6 is 11.6 Å². The number of benzene rings is 2. The van der Waals surface area contributed by atoms with Gasteiger partial charge in [0.15, 0.2) is 5.82 Å². The van der Waals surface area contributed by atoms with Crippen LogP contribution in [0.1, 0.15) is 5.56 Å². The highest BCUT2D eigenvalue weighted by Gasteiger charge is 2.10. The number of aromatic amines is 1. The molecule has 0 saturated heterocycles. The molecule has 3 aromatic rings. The first-order chi connectivity index (χ1) is 11.7. The van der Waals surface area contributed by atoms with E-state index in [4.69, 9.17) is 21.1 Å². The Morgan fingerprint density at radius 3 is 2.92 bits per heavy atom. The van der Waals surface area contributed by atoms with Crippen molar-refractivity contribution in [1.82, 2.24) is 10.2 Å². The normalized spacial score (nSPS) is 10.8. The van der Waals surface area contributed by atoms with Crippen molar-refractivity contribution in [2.24, 2.45) is 0 Å². The number of carbonyl (C=O) groups is 1. The number of ether oxygens (including phenoxy) is 2. The molecule has 1 amide bonds. The molecule has 1 heterocycles. The minimum Gasteiger partial charge on any atom is -0.489 e. The molecule has 0 aliphatic carbocycles. The topological polar surface area (TPSA) is 76.2 Å². The summed E-state index contributed by atoms with van der Waals surface area (Å²) in [5.74, 6) is 0.828. The average Bonchev–Trinajstić information content (AvgIpc) is 2.97. The van der Waals surface area contributed by atoms with Gasteiger partial charge in [0.05, 0.1) is 5.52 Å². The van der Waals surface area contributed by atoms with E-state index in [1.807, 2.05) is 42.5 Å². The molecule has 1 aromatic heterocycles. The fourth-order valence-electron chi connectivity index (χ4n) is 2.25. The summed E-state index contributed by atoms with van der Waals surface area (Å²) in [5, 5.41) is 11.1. The molecule has 24 heavy (non-hydrogen) atoms. The van der Waals surface area contributed by atoms with E-state index in [1.165, 1.54) is 7.11 Å². The summed E-state index contributed by atoms with van der Waals surface area (Å²) in [4.78, 5) is 11.7. The van der Waals surface area contributed by atoms with E-state index in [0.29, 0.717) is 23.2 Å². The molecule has 0 radical (unpaired) electrons. The van der Waals surface area contributed by atoms with Gasteiger partial charge in [0, 0.05) is 23.1 Å². The molecule has 2 N–H and O–H groups in total. The number of H-pyrrole nitrogens is 1. The standard InChI is InChI=1S/C17H16ClN3O3/c1-23-10-16(22)19-17-13-8-12(6-7-15(13)20-21-17)24-9-11-4-2-3-5-14(11)18/h2-8H,9-10H2,1H3,(H2,19,20,21,22). The monoisotopic (exact) mass is 345 g/mol. The van der Waals surface area contributed by atoms with Crippen LogP contribution in [0, 0.1) is 0 Å². The molecule has 0 spiro atoms. The first-order valence-electron chi connectivity index (χ1n) is 7.30. The summed E-state index contributed by atoms with van der Waals surface area (Å²) in [5.41, 5.74) is 1.70. The van der Waals surface area contributed by atoms with Crippen LogP contribution in [0.4, 0.5) is 5.82 Å². The maximum absolute atomic E-state index is 11.7. The van der Waals surface area contributed by atoms with Crippen LogP contribution < -0.4 is 10.1 Å². The highest BCUT2D eigenvalue weighted by atomic mass is 35.5. The molecular weight excluding hydrogens is 330 g/mol. The summed E-state index contributed by atoms with van der Waals surface area (Å²) in [6, 6.07) is 13.0. The van der Waals surface area contributed by atoms with Crippen molar-refractivity contribution in [1.29, 1.82) is 0 Å². The number of amides is 1. The first kappa shape index (κ1) is 16.3. The number of methoxy groups -OCH3 is 1. The van der Waals surface area contributed by atoms with Gasteiger partial charge in [0.2, 0.25) is 0 Å². The Balaban J connectivity index is 1.77. The van der Waals surface area contributed by atoms with Crippen LogP contribution in [-0.4, -0.2) is 29.8 Å². The van der Waals surface area contributed by atoms with Gasteiger partial charge in [-0.25, -0.2) is 0 Å². The Hall–Kier alpha value is -2.57. The number of hydrogen-bond donors (Lipinski definition) is 2. The minimum atomic E-state index is -0.270. The van der Waals surface area contributed by atoms with Crippen LogP contribution in [0.15, 0.2) is 42.5 Å². The Labute approximate surface area is 143 Å². The van der Waals surface area contributed by atoms with Crippen LogP contribution in [-0.2, 0) is 16.1 Å². The lowest BCUT2D eigenvalue weighted by Gasteiger charge is -2.08. The smallest absolute Gasteiger partial charge is 0.251 e. The minimum absolute atomic E-state index is 0.0307. The number of nitrogens with zero attached hydrogens (tertiary/aromatic N) is 1. The predicted octanol–water partition coefficient (Wildman–Crippen LogP) is 3.38. The molecule has 124 valence electrons. The molecule has 0 saturated carbocycles.